The maximum atomic E-state index is 12.3. The fourth-order valence-corrected chi connectivity index (χ4v) is 1.81. The van der Waals surface area contributed by atoms with Gasteiger partial charge in [0.05, 0.1) is 0 Å². The van der Waals surface area contributed by atoms with Gasteiger partial charge in [-0.05, 0) is 36.4 Å². The number of anilines is 1. The number of carbonyl (C=O) groups excluding carboxylic acids is 1. The zero-order valence-electron chi connectivity index (χ0n) is 11.0. The van der Waals surface area contributed by atoms with Gasteiger partial charge in [0.25, 0.3) is 5.91 Å². The molecule has 0 unspecified atom stereocenters. The van der Waals surface area contributed by atoms with E-state index in [1.807, 2.05) is 18.2 Å². The maximum absolute atomic E-state index is 12.3. The van der Waals surface area contributed by atoms with E-state index >= 15 is 0 Å². The van der Waals surface area contributed by atoms with Crippen LogP contribution < -0.4 is 10.6 Å². The van der Waals surface area contributed by atoms with E-state index < -0.39 is 0 Å². The lowest BCUT2D eigenvalue weighted by Gasteiger charge is -2.17. The first-order chi connectivity index (χ1) is 9.63. The summed E-state index contributed by atoms with van der Waals surface area (Å²) in [6.45, 7) is 0. The highest BCUT2D eigenvalue weighted by atomic mass is 16.4. The highest BCUT2D eigenvalue weighted by molar-refractivity contribution is 6.06. The van der Waals surface area contributed by atoms with Crippen LogP contribution in [0.1, 0.15) is 15.9 Å². The number of amidine groups is 1. The Morgan fingerprint density at radius 3 is 2.20 bits per heavy atom. The van der Waals surface area contributed by atoms with Gasteiger partial charge in [0.2, 0.25) is 0 Å². The molecule has 0 bridgehead atoms. The summed E-state index contributed by atoms with van der Waals surface area (Å²) in [7, 11) is 1.70. The van der Waals surface area contributed by atoms with Crippen molar-refractivity contribution in [2.45, 2.75) is 0 Å². The first-order valence-electron chi connectivity index (χ1n) is 6.04. The van der Waals surface area contributed by atoms with Crippen molar-refractivity contribution in [2.24, 2.45) is 10.9 Å². The third-order valence-corrected chi connectivity index (χ3v) is 2.98. The van der Waals surface area contributed by atoms with Crippen molar-refractivity contribution in [3.8, 4) is 0 Å². The van der Waals surface area contributed by atoms with Gasteiger partial charge < -0.3 is 15.8 Å². The monoisotopic (exact) mass is 269 g/mol. The molecule has 1 amide bonds. The summed E-state index contributed by atoms with van der Waals surface area (Å²) in [5.74, 6) is -0.0595. The average Bonchev–Trinajstić information content (AvgIpc) is 2.53. The summed E-state index contributed by atoms with van der Waals surface area (Å²) in [5, 5.41) is 11.5. The number of hydrogen-bond acceptors (Lipinski definition) is 3. The van der Waals surface area contributed by atoms with E-state index in [-0.39, 0.29) is 11.7 Å². The standard InChI is InChI=1S/C15H15N3O2/c1-18(15(19)12-5-3-2-4-6-12)13-9-7-11(8-10-13)14(16)17-20/h2-10,20H,1H3,(H2,16,17). The van der Waals surface area contributed by atoms with E-state index in [4.69, 9.17) is 10.9 Å². The summed E-state index contributed by atoms with van der Waals surface area (Å²) < 4.78 is 0. The fraction of sp³-hybridized carbons (Fsp3) is 0.0667. The first-order valence-corrected chi connectivity index (χ1v) is 6.04. The van der Waals surface area contributed by atoms with Gasteiger partial charge in [-0.1, -0.05) is 23.4 Å². The van der Waals surface area contributed by atoms with Crippen molar-refractivity contribution < 1.29 is 10.0 Å². The number of nitrogens with two attached hydrogens (primary N) is 1. The topological polar surface area (TPSA) is 78.9 Å². The smallest absolute Gasteiger partial charge is 0.258 e. The van der Waals surface area contributed by atoms with Crippen LogP contribution >= 0.6 is 0 Å². The second kappa shape index (κ2) is 5.88. The molecule has 0 aliphatic heterocycles. The highest BCUT2D eigenvalue weighted by Crippen LogP contribution is 2.16. The molecule has 0 aromatic heterocycles. The Labute approximate surface area is 116 Å². The molecule has 0 spiro atoms. The molecule has 0 saturated heterocycles. The Morgan fingerprint density at radius 1 is 1.05 bits per heavy atom. The zero-order valence-corrected chi connectivity index (χ0v) is 11.0. The van der Waals surface area contributed by atoms with Crippen LogP contribution in [0.3, 0.4) is 0 Å². The van der Waals surface area contributed by atoms with Crippen LogP contribution in [0.5, 0.6) is 0 Å². The molecular formula is C15H15N3O2. The minimum atomic E-state index is -0.0952. The lowest BCUT2D eigenvalue weighted by Crippen LogP contribution is -2.26. The Bertz CT molecular complexity index is 621. The second-order valence-electron chi connectivity index (χ2n) is 4.26. The van der Waals surface area contributed by atoms with E-state index in [0.717, 1.165) is 5.69 Å². The fourth-order valence-electron chi connectivity index (χ4n) is 1.81. The number of benzene rings is 2. The van der Waals surface area contributed by atoms with Crippen LogP contribution in [-0.2, 0) is 0 Å². The van der Waals surface area contributed by atoms with Crippen molar-refractivity contribution in [1.82, 2.24) is 0 Å². The van der Waals surface area contributed by atoms with Crippen LogP contribution in [0, 0.1) is 0 Å². The molecule has 0 atom stereocenters. The predicted molar refractivity (Wildman–Crippen MR) is 78.1 cm³/mol. The van der Waals surface area contributed by atoms with E-state index in [1.54, 1.807) is 48.3 Å². The number of hydrogen-bond donors (Lipinski definition) is 2. The van der Waals surface area contributed by atoms with E-state index in [1.165, 1.54) is 0 Å². The minimum absolute atomic E-state index is 0.0357. The largest absolute Gasteiger partial charge is 0.409 e. The summed E-state index contributed by atoms with van der Waals surface area (Å²) in [6.07, 6.45) is 0. The van der Waals surface area contributed by atoms with Crippen molar-refractivity contribution in [2.75, 3.05) is 11.9 Å². The van der Waals surface area contributed by atoms with Gasteiger partial charge in [-0.3, -0.25) is 4.79 Å². The SMILES string of the molecule is CN(C(=O)c1ccccc1)c1ccc(C(N)=NO)cc1. The van der Waals surface area contributed by atoms with Gasteiger partial charge in [0.15, 0.2) is 5.84 Å². The van der Waals surface area contributed by atoms with Gasteiger partial charge in [-0.2, -0.15) is 0 Å². The Hall–Kier alpha value is -2.82. The molecule has 5 nitrogen and oxygen atoms in total. The number of rotatable bonds is 3. The maximum Gasteiger partial charge on any atom is 0.258 e. The minimum Gasteiger partial charge on any atom is -0.409 e. The third-order valence-electron chi connectivity index (χ3n) is 2.98. The molecule has 2 rings (SSSR count). The molecule has 5 heteroatoms. The quantitative estimate of drug-likeness (QED) is 0.387. The Kier molecular flexibility index (Phi) is 4.00. The highest BCUT2D eigenvalue weighted by Gasteiger charge is 2.13. The molecule has 2 aromatic rings. The average molecular weight is 269 g/mol. The van der Waals surface area contributed by atoms with Crippen LogP contribution in [0.25, 0.3) is 0 Å². The van der Waals surface area contributed by atoms with Crippen molar-refractivity contribution in [3.05, 3.63) is 65.7 Å². The molecule has 20 heavy (non-hydrogen) atoms. The predicted octanol–water partition coefficient (Wildman–Crippen LogP) is 2.06. The van der Waals surface area contributed by atoms with E-state index in [9.17, 15) is 4.79 Å². The molecule has 0 aliphatic rings. The number of oxime groups is 1. The molecule has 0 aliphatic carbocycles. The molecule has 0 heterocycles. The van der Waals surface area contributed by atoms with E-state index in [2.05, 4.69) is 5.16 Å². The second-order valence-corrected chi connectivity index (χ2v) is 4.26. The van der Waals surface area contributed by atoms with Crippen LogP contribution in [0.4, 0.5) is 5.69 Å². The van der Waals surface area contributed by atoms with Crippen molar-refractivity contribution >= 4 is 17.4 Å². The zero-order chi connectivity index (χ0) is 14.5. The lowest BCUT2D eigenvalue weighted by atomic mass is 10.1. The molecule has 0 radical (unpaired) electrons. The number of nitrogens with zero attached hydrogens (tertiary/aromatic N) is 2. The Morgan fingerprint density at radius 2 is 1.65 bits per heavy atom. The Balaban J connectivity index is 2.21. The van der Waals surface area contributed by atoms with E-state index in [0.29, 0.717) is 11.1 Å². The van der Waals surface area contributed by atoms with Gasteiger partial charge in [0, 0.05) is 23.9 Å². The third kappa shape index (κ3) is 2.77. The normalized spacial score (nSPS) is 11.2. The molecule has 0 fully saturated rings. The first kappa shape index (κ1) is 13.6. The van der Waals surface area contributed by atoms with Crippen LogP contribution in [-0.4, -0.2) is 24.0 Å². The lowest BCUT2D eigenvalue weighted by molar-refractivity contribution is 0.0993. The van der Waals surface area contributed by atoms with Crippen molar-refractivity contribution in [3.63, 3.8) is 0 Å². The molecule has 2 aromatic carbocycles. The number of carbonyl (C=O) groups is 1. The number of amides is 1. The van der Waals surface area contributed by atoms with Gasteiger partial charge in [0.1, 0.15) is 0 Å². The molecule has 3 N–H and O–H groups in total. The van der Waals surface area contributed by atoms with Gasteiger partial charge >= 0.3 is 0 Å². The van der Waals surface area contributed by atoms with Crippen molar-refractivity contribution in [1.29, 1.82) is 0 Å². The van der Waals surface area contributed by atoms with Crippen LogP contribution in [0.2, 0.25) is 0 Å². The molecular weight excluding hydrogens is 254 g/mol. The van der Waals surface area contributed by atoms with Gasteiger partial charge in [-0.25, -0.2) is 0 Å². The summed E-state index contributed by atoms with van der Waals surface area (Å²) >= 11 is 0. The molecule has 0 saturated carbocycles. The molecule has 102 valence electrons. The summed E-state index contributed by atoms with van der Waals surface area (Å²) in [4.78, 5) is 13.8. The summed E-state index contributed by atoms with van der Waals surface area (Å²) in [6, 6.07) is 15.9. The van der Waals surface area contributed by atoms with Crippen LogP contribution in [0.15, 0.2) is 59.8 Å². The van der Waals surface area contributed by atoms with Gasteiger partial charge in [-0.15, -0.1) is 0 Å². The summed E-state index contributed by atoms with van der Waals surface area (Å²) in [5.41, 5.74) is 7.44.